The fraction of sp³-hybridized carbons (Fsp3) is 0.0408. The SMILES string of the molecule is C1=Cc2oc3c(-c4cccc5oc6c7ccccc7c(-c7ccc(-c8nc(-c9ccccc9)nc(-c9ccccc9)n8)cc7)cc6c45)cccc3c2CC1. The lowest BCUT2D eigenvalue weighted by molar-refractivity contribution is 0.596. The molecule has 3 heterocycles. The molecule has 0 saturated carbocycles. The lowest BCUT2D eigenvalue weighted by atomic mass is 9.92. The van der Waals surface area contributed by atoms with Gasteiger partial charge in [-0.15, -0.1) is 0 Å². The first-order valence-corrected chi connectivity index (χ1v) is 18.3. The van der Waals surface area contributed by atoms with E-state index in [0.717, 1.165) is 95.8 Å². The van der Waals surface area contributed by atoms with E-state index in [1.54, 1.807) is 0 Å². The lowest BCUT2D eigenvalue weighted by Crippen LogP contribution is -2.00. The number of aryl methyl sites for hydroxylation is 1. The number of furan rings is 2. The van der Waals surface area contributed by atoms with Crippen molar-refractivity contribution in [2.75, 3.05) is 0 Å². The van der Waals surface area contributed by atoms with E-state index in [0.29, 0.717) is 17.5 Å². The monoisotopic (exact) mass is 693 g/mol. The summed E-state index contributed by atoms with van der Waals surface area (Å²) in [7, 11) is 0. The largest absolute Gasteiger partial charge is 0.456 e. The van der Waals surface area contributed by atoms with Crippen LogP contribution in [0.5, 0.6) is 0 Å². The normalized spacial score (nSPS) is 12.6. The van der Waals surface area contributed by atoms with Gasteiger partial charge in [0.2, 0.25) is 0 Å². The van der Waals surface area contributed by atoms with E-state index in [-0.39, 0.29) is 0 Å². The third-order valence-corrected chi connectivity index (χ3v) is 10.6. The summed E-state index contributed by atoms with van der Waals surface area (Å²) in [5, 5.41) is 5.55. The minimum absolute atomic E-state index is 0.629. The molecule has 54 heavy (non-hydrogen) atoms. The van der Waals surface area contributed by atoms with Gasteiger partial charge in [0.1, 0.15) is 22.5 Å². The summed E-state index contributed by atoms with van der Waals surface area (Å²) in [6, 6.07) is 52.3. The highest BCUT2D eigenvalue weighted by atomic mass is 16.3. The molecule has 0 atom stereocenters. The second-order valence-corrected chi connectivity index (χ2v) is 13.8. The van der Waals surface area contributed by atoms with Gasteiger partial charge in [0.15, 0.2) is 17.5 Å². The molecule has 1 aliphatic rings. The van der Waals surface area contributed by atoms with Crippen molar-refractivity contribution in [1.82, 2.24) is 15.0 Å². The van der Waals surface area contributed by atoms with Gasteiger partial charge in [-0.05, 0) is 53.1 Å². The Morgan fingerprint density at radius 2 is 1.02 bits per heavy atom. The quantitative estimate of drug-likeness (QED) is 0.179. The second kappa shape index (κ2) is 12.2. The molecule has 0 spiro atoms. The first kappa shape index (κ1) is 30.5. The molecule has 0 bridgehead atoms. The van der Waals surface area contributed by atoms with E-state index in [9.17, 15) is 0 Å². The van der Waals surface area contributed by atoms with Crippen molar-refractivity contribution >= 4 is 49.8 Å². The molecule has 0 saturated heterocycles. The van der Waals surface area contributed by atoms with Crippen LogP contribution in [-0.2, 0) is 6.42 Å². The van der Waals surface area contributed by atoms with Crippen LogP contribution in [0.2, 0.25) is 0 Å². The van der Waals surface area contributed by atoms with E-state index >= 15 is 0 Å². The smallest absolute Gasteiger partial charge is 0.164 e. The van der Waals surface area contributed by atoms with Crippen molar-refractivity contribution in [3.8, 4) is 56.4 Å². The first-order valence-electron chi connectivity index (χ1n) is 18.3. The van der Waals surface area contributed by atoms with Gasteiger partial charge in [-0.3, -0.25) is 0 Å². The molecule has 0 aliphatic heterocycles. The number of rotatable bonds is 5. The highest BCUT2D eigenvalue weighted by Gasteiger charge is 2.22. The molecule has 10 aromatic rings. The summed E-state index contributed by atoms with van der Waals surface area (Å²) >= 11 is 0. The molecule has 0 radical (unpaired) electrons. The third kappa shape index (κ3) is 4.90. The average Bonchev–Trinajstić information content (AvgIpc) is 3.83. The minimum Gasteiger partial charge on any atom is -0.456 e. The van der Waals surface area contributed by atoms with Crippen molar-refractivity contribution in [2.24, 2.45) is 0 Å². The molecule has 0 fully saturated rings. The van der Waals surface area contributed by atoms with Gasteiger partial charge in [-0.1, -0.05) is 146 Å². The molecule has 7 aromatic carbocycles. The van der Waals surface area contributed by atoms with Gasteiger partial charge < -0.3 is 8.83 Å². The summed E-state index contributed by atoms with van der Waals surface area (Å²) in [5.41, 5.74) is 11.2. The number of nitrogens with zero attached hydrogens (tertiary/aromatic N) is 3. The van der Waals surface area contributed by atoms with Gasteiger partial charge in [0.05, 0.1) is 0 Å². The first-order chi connectivity index (χ1) is 26.8. The van der Waals surface area contributed by atoms with Crippen LogP contribution in [0.15, 0.2) is 167 Å². The molecule has 0 N–H and O–H groups in total. The predicted octanol–water partition coefficient (Wildman–Crippen LogP) is 13.0. The van der Waals surface area contributed by atoms with Crippen LogP contribution < -0.4 is 0 Å². The fourth-order valence-corrected chi connectivity index (χ4v) is 8.06. The number of benzene rings is 7. The Balaban J connectivity index is 1.08. The predicted molar refractivity (Wildman–Crippen MR) is 219 cm³/mol. The molecule has 11 rings (SSSR count). The molecule has 5 heteroatoms. The molecule has 3 aromatic heterocycles. The Hall–Kier alpha value is -7.11. The molecule has 0 amide bonds. The Bertz CT molecular complexity index is 3030. The Morgan fingerprint density at radius 3 is 1.74 bits per heavy atom. The maximum atomic E-state index is 6.72. The van der Waals surface area contributed by atoms with Gasteiger partial charge in [0, 0.05) is 49.4 Å². The van der Waals surface area contributed by atoms with Gasteiger partial charge >= 0.3 is 0 Å². The number of fused-ring (bicyclic) bond motifs is 8. The number of hydrogen-bond acceptors (Lipinski definition) is 5. The van der Waals surface area contributed by atoms with Crippen LogP contribution in [0.3, 0.4) is 0 Å². The van der Waals surface area contributed by atoms with E-state index < -0.39 is 0 Å². The summed E-state index contributed by atoms with van der Waals surface area (Å²) in [5.74, 6) is 2.88. The molecular weight excluding hydrogens is 663 g/mol. The summed E-state index contributed by atoms with van der Waals surface area (Å²) in [6.07, 6.45) is 6.34. The van der Waals surface area contributed by atoms with Crippen LogP contribution >= 0.6 is 0 Å². The molecule has 0 unspecified atom stereocenters. The van der Waals surface area contributed by atoms with Crippen molar-refractivity contribution in [2.45, 2.75) is 12.8 Å². The maximum Gasteiger partial charge on any atom is 0.164 e. The van der Waals surface area contributed by atoms with Crippen molar-refractivity contribution in [1.29, 1.82) is 0 Å². The Kier molecular flexibility index (Phi) is 6.92. The zero-order valence-corrected chi connectivity index (χ0v) is 29.2. The summed E-state index contributed by atoms with van der Waals surface area (Å²) < 4.78 is 13.3. The standard InChI is InChI=1S/C49H31N3O2/c1-3-13-31(14-4-1)47-50-48(32-15-5-2-6-16-32)52-49(51-47)33-27-25-30(26-28-33)40-29-41-44-36(20-12-24-43(44)54-46(41)37-19-8-7-17-34(37)40)39-22-11-21-38-35-18-9-10-23-42(35)53-45(38)39/h1-8,10-17,19-29H,9,18H2. The van der Waals surface area contributed by atoms with Crippen LogP contribution in [0.25, 0.3) is 106 Å². The highest BCUT2D eigenvalue weighted by molar-refractivity contribution is 6.23. The van der Waals surface area contributed by atoms with Crippen LogP contribution in [0.1, 0.15) is 17.7 Å². The van der Waals surface area contributed by atoms with Gasteiger partial charge in [0.25, 0.3) is 0 Å². The lowest BCUT2D eigenvalue weighted by Gasteiger charge is -2.11. The van der Waals surface area contributed by atoms with Gasteiger partial charge in [-0.2, -0.15) is 0 Å². The van der Waals surface area contributed by atoms with Crippen molar-refractivity contribution in [3.05, 3.63) is 169 Å². The van der Waals surface area contributed by atoms with Crippen molar-refractivity contribution < 1.29 is 8.83 Å². The van der Waals surface area contributed by atoms with E-state index in [4.69, 9.17) is 23.8 Å². The average molecular weight is 694 g/mol. The fourth-order valence-electron chi connectivity index (χ4n) is 8.06. The number of hydrogen-bond donors (Lipinski definition) is 0. The van der Waals surface area contributed by atoms with E-state index in [1.807, 2.05) is 60.7 Å². The second-order valence-electron chi connectivity index (χ2n) is 13.8. The van der Waals surface area contributed by atoms with E-state index in [1.165, 1.54) is 10.9 Å². The maximum absolute atomic E-state index is 6.72. The number of para-hydroxylation sites is 1. The molecular formula is C49H31N3O2. The topological polar surface area (TPSA) is 65.0 Å². The molecule has 1 aliphatic carbocycles. The molecule has 5 nitrogen and oxygen atoms in total. The summed E-state index contributed by atoms with van der Waals surface area (Å²) in [4.78, 5) is 14.8. The van der Waals surface area contributed by atoms with Crippen LogP contribution in [0, 0.1) is 0 Å². The Labute approximate surface area is 310 Å². The van der Waals surface area contributed by atoms with Crippen LogP contribution in [0.4, 0.5) is 0 Å². The zero-order chi connectivity index (χ0) is 35.6. The van der Waals surface area contributed by atoms with E-state index in [2.05, 4.69) is 103 Å². The van der Waals surface area contributed by atoms with Gasteiger partial charge in [-0.25, -0.2) is 15.0 Å². The van der Waals surface area contributed by atoms with Crippen molar-refractivity contribution in [3.63, 3.8) is 0 Å². The van der Waals surface area contributed by atoms with Crippen LogP contribution in [-0.4, -0.2) is 15.0 Å². The minimum atomic E-state index is 0.629. The highest BCUT2D eigenvalue weighted by Crippen LogP contribution is 2.45. The zero-order valence-electron chi connectivity index (χ0n) is 29.2. The number of aromatic nitrogens is 3. The Morgan fingerprint density at radius 1 is 0.426 bits per heavy atom. The summed E-state index contributed by atoms with van der Waals surface area (Å²) in [6.45, 7) is 0. The molecule has 254 valence electrons. The number of allylic oxidation sites excluding steroid dienone is 1. The third-order valence-electron chi connectivity index (χ3n) is 10.6.